The molecule has 0 saturated heterocycles. The molecule has 1 unspecified atom stereocenters. The van der Waals surface area contributed by atoms with E-state index >= 15 is 0 Å². The highest BCUT2D eigenvalue weighted by atomic mass is 16.5. The van der Waals surface area contributed by atoms with Crippen molar-refractivity contribution in [2.75, 3.05) is 33.9 Å². The summed E-state index contributed by atoms with van der Waals surface area (Å²) in [5.41, 5.74) is 1.07. The van der Waals surface area contributed by atoms with Crippen LogP contribution < -0.4 is 20.1 Å². The number of likely N-dealkylation sites (N-methyl/N-ethyl adjacent to an activating group) is 1. The van der Waals surface area contributed by atoms with Crippen LogP contribution in [0, 0.1) is 0 Å². The summed E-state index contributed by atoms with van der Waals surface area (Å²) in [7, 11) is 3.49. The van der Waals surface area contributed by atoms with Gasteiger partial charge in [0.2, 0.25) is 5.91 Å². The first kappa shape index (κ1) is 22.8. The van der Waals surface area contributed by atoms with E-state index < -0.39 is 0 Å². The molecular formula is C22H36N4O3. The summed E-state index contributed by atoms with van der Waals surface area (Å²) < 4.78 is 11.4. The Labute approximate surface area is 174 Å². The van der Waals surface area contributed by atoms with Gasteiger partial charge in [-0.25, -0.2) is 4.99 Å². The van der Waals surface area contributed by atoms with E-state index in [4.69, 9.17) is 9.47 Å². The van der Waals surface area contributed by atoms with Crippen LogP contribution in [0.25, 0.3) is 0 Å². The summed E-state index contributed by atoms with van der Waals surface area (Å²) >= 11 is 0. The lowest BCUT2D eigenvalue weighted by molar-refractivity contribution is -0.127. The molecule has 0 radical (unpaired) electrons. The van der Waals surface area contributed by atoms with Crippen LogP contribution in [0.4, 0.5) is 0 Å². The fourth-order valence-corrected chi connectivity index (χ4v) is 3.31. The zero-order chi connectivity index (χ0) is 21.2. The van der Waals surface area contributed by atoms with Gasteiger partial charge < -0.3 is 25.0 Å². The maximum Gasteiger partial charge on any atom is 0.243 e. The molecule has 0 bridgehead atoms. The van der Waals surface area contributed by atoms with Gasteiger partial charge in [0.05, 0.1) is 19.3 Å². The molecule has 162 valence electrons. The number of nitrogens with one attached hydrogen (secondary N) is 2. The Morgan fingerprint density at radius 3 is 2.45 bits per heavy atom. The summed E-state index contributed by atoms with van der Waals surface area (Å²) in [4.78, 5) is 18.1. The Morgan fingerprint density at radius 2 is 1.83 bits per heavy atom. The Balaban J connectivity index is 2.14. The molecule has 7 nitrogen and oxygen atoms in total. The monoisotopic (exact) mass is 404 g/mol. The van der Waals surface area contributed by atoms with Gasteiger partial charge in [-0.05, 0) is 51.3 Å². The van der Waals surface area contributed by atoms with Crippen molar-refractivity contribution in [2.24, 2.45) is 4.99 Å². The molecule has 1 aliphatic carbocycles. The first-order valence-electron chi connectivity index (χ1n) is 10.6. The SMILES string of the molecule is CCOc1ccc(C(C)NC(=NCC(=O)N(C)C)NC2CCCC2)cc1OCC. The second-order valence-corrected chi connectivity index (χ2v) is 7.52. The standard InChI is InChI=1S/C22H36N4O3/c1-6-28-19-13-12-17(14-20(19)29-7-2)16(3)24-22(23-15-21(27)26(4)5)25-18-10-8-9-11-18/h12-14,16,18H,6-11,15H2,1-5H3,(H2,23,24,25). The molecule has 1 aromatic carbocycles. The quantitative estimate of drug-likeness (QED) is 0.489. The van der Waals surface area contributed by atoms with E-state index in [-0.39, 0.29) is 18.5 Å². The molecule has 7 heteroatoms. The molecule has 2 rings (SSSR count). The van der Waals surface area contributed by atoms with Gasteiger partial charge in [0.25, 0.3) is 0 Å². The van der Waals surface area contributed by atoms with Gasteiger partial charge in [-0.15, -0.1) is 0 Å². The summed E-state index contributed by atoms with van der Waals surface area (Å²) in [6, 6.07) is 6.38. The van der Waals surface area contributed by atoms with Gasteiger partial charge in [-0.2, -0.15) is 0 Å². The molecule has 1 saturated carbocycles. The van der Waals surface area contributed by atoms with Gasteiger partial charge >= 0.3 is 0 Å². The third kappa shape index (κ3) is 7.15. The number of guanidine groups is 1. The number of benzene rings is 1. The number of carbonyl (C=O) groups is 1. The maximum atomic E-state index is 12.0. The zero-order valence-electron chi connectivity index (χ0n) is 18.5. The van der Waals surface area contributed by atoms with Gasteiger partial charge in [0.1, 0.15) is 6.54 Å². The topological polar surface area (TPSA) is 75.2 Å². The van der Waals surface area contributed by atoms with Gasteiger partial charge in [-0.3, -0.25) is 4.79 Å². The molecular weight excluding hydrogens is 368 g/mol. The second-order valence-electron chi connectivity index (χ2n) is 7.52. The van der Waals surface area contributed by atoms with Crippen LogP contribution in [0.1, 0.15) is 58.1 Å². The highest BCUT2D eigenvalue weighted by Crippen LogP contribution is 2.30. The molecule has 2 N–H and O–H groups in total. The normalized spacial score (nSPS) is 15.7. The lowest BCUT2D eigenvalue weighted by Crippen LogP contribution is -2.44. The van der Waals surface area contributed by atoms with Gasteiger partial charge in [0.15, 0.2) is 17.5 Å². The Morgan fingerprint density at radius 1 is 1.17 bits per heavy atom. The zero-order valence-corrected chi connectivity index (χ0v) is 18.5. The van der Waals surface area contributed by atoms with Crippen LogP contribution in [0.15, 0.2) is 23.2 Å². The average Bonchev–Trinajstić information content (AvgIpc) is 3.20. The number of aliphatic imine (C=N–C) groups is 1. The van der Waals surface area contributed by atoms with Crippen molar-refractivity contribution >= 4 is 11.9 Å². The van der Waals surface area contributed by atoms with Gasteiger partial charge in [-0.1, -0.05) is 18.9 Å². The van der Waals surface area contributed by atoms with Crippen LogP contribution in [-0.2, 0) is 4.79 Å². The molecule has 1 fully saturated rings. The second kappa shape index (κ2) is 11.5. The van der Waals surface area contributed by atoms with Crippen LogP contribution in [-0.4, -0.2) is 56.7 Å². The van der Waals surface area contributed by atoms with E-state index in [1.165, 1.54) is 12.8 Å². The van der Waals surface area contributed by atoms with Crippen molar-refractivity contribution in [3.63, 3.8) is 0 Å². The predicted octanol–water partition coefficient (Wildman–Crippen LogP) is 3.11. The number of amides is 1. The lowest BCUT2D eigenvalue weighted by Gasteiger charge is -2.23. The highest BCUT2D eigenvalue weighted by molar-refractivity contribution is 5.85. The number of hydrogen-bond acceptors (Lipinski definition) is 4. The Bertz CT molecular complexity index is 685. The summed E-state index contributed by atoms with van der Waals surface area (Å²) in [5, 5.41) is 6.94. The Hall–Kier alpha value is -2.44. The number of ether oxygens (including phenoxy) is 2. The smallest absolute Gasteiger partial charge is 0.243 e. The van der Waals surface area contributed by atoms with E-state index in [1.807, 2.05) is 32.0 Å². The van der Waals surface area contributed by atoms with Crippen LogP contribution in [0.2, 0.25) is 0 Å². The third-order valence-corrected chi connectivity index (χ3v) is 4.99. The molecule has 1 atom stereocenters. The minimum Gasteiger partial charge on any atom is -0.490 e. The van der Waals surface area contributed by atoms with Crippen LogP contribution in [0.5, 0.6) is 11.5 Å². The van der Waals surface area contributed by atoms with Crippen molar-refractivity contribution in [1.82, 2.24) is 15.5 Å². The molecule has 1 aliphatic rings. The molecule has 0 heterocycles. The van der Waals surface area contributed by atoms with Crippen molar-refractivity contribution < 1.29 is 14.3 Å². The summed E-state index contributed by atoms with van der Waals surface area (Å²) in [5.74, 6) is 2.14. The number of hydrogen-bond donors (Lipinski definition) is 2. The first-order valence-corrected chi connectivity index (χ1v) is 10.6. The summed E-state index contributed by atoms with van der Waals surface area (Å²) in [6.45, 7) is 7.28. The van der Waals surface area contributed by atoms with E-state index in [9.17, 15) is 4.79 Å². The van der Waals surface area contributed by atoms with Gasteiger partial charge in [0, 0.05) is 20.1 Å². The molecule has 0 aromatic heterocycles. The number of carbonyl (C=O) groups excluding carboxylic acids is 1. The highest BCUT2D eigenvalue weighted by Gasteiger charge is 2.19. The van der Waals surface area contributed by atoms with Crippen LogP contribution in [0.3, 0.4) is 0 Å². The van der Waals surface area contributed by atoms with E-state index in [1.54, 1.807) is 19.0 Å². The third-order valence-electron chi connectivity index (χ3n) is 4.99. The largest absolute Gasteiger partial charge is 0.490 e. The summed E-state index contributed by atoms with van der Waals surface area (Å²) in [6.07, 6.45) is 4.73. The van der Waals surface area contributed by atoms with Crippen molar-refractivity contribution in [1.29, 1.82) is 0 Å². The molecule has 1 amide bonds. The number of nitrogens with zero attached hydrogens (tertiary/aromatic N) is 2. The van der Waals surface area contributed by atoms with Crippen molar-refractivity contribution in [3.8, 4) is 11.5 Å². The first-order chi connectivity index (χ1) is 13.9. The van der Waals surface area contributed by atoms with E-state index in [2.05, 4.69) is 22.5 Å². The fourth-order valence-electron chi connectivity index (χ4n) is 3.31. The van der Waals surface area contributed by atoms with E-state index in [0.29, 0.717) is 25.2 Å². The minimum atomic E-state index is -0.0233. The maximum absolute atomic E-state index is 12.0. The number of rotatable bonds is 9. The molecule has 0 spiro atoms. The minimum absolute atomic E-state index is 0.00741. The average molecular weight is 405 g/mol. The molecule has 0 aliphatic heterocycles. The predicted molar refractivity (Wildman–Crippen MR) is 117 cm³/mol. The molecule has 29 heavy (non-hydrogen) atoms. The van der Waals surface area contributed by atoms with Crippen molar-refractivity contribution in [2.45, 2.75) is 58.5 Å². The molecule has 1 aromatic rings. The van der Waals surface area contributed by atoms with Crippen LogP contribution >= 0.6 is 0 Å². The fraction of sp³-hybridized carbons (Fsp3) is 0.636. The van der Waals surface area contributed by atoms with Crippen molar-refractivity contribution in [3.05, 3.63) is 23.8 Å². The van der Waals surface area contributed by atoms with E-state index in [0.717, 1.165) is 29.9 Å². The lowest BCUT2D eigenvalue weighted by atomic mass is 10.1. The Kier molecular flexibility index (Phi) is 9.09.